The third-order valence-electron chi connectivity index (χ3n) is 2.79. The van der Waals surface area contributed by atoms with E-state index in [9.17, 15) is 36.2 Å². The Balaban J connectivity index is 3.04. The largest absolute Gasteiger partial charge is 0.419 e. The van der Waals surface area contributed by atoms with Crippen LogP contribution in [-0.2, 0) is 6.18 Å². The van der Waals surface area contributed by atoms with Crippen LogP contribution < -0.4 is 11.1 Å². The molecule has 0 aliphatic heterocycles. The molecule has 1 aromatic heterocycles. The van der Waals surface area contributed by atoms with E-state index in [1.807, 2.05) is 0 Å². The van der Waals surface area contributed by atoms with Crippen LogP contribution in [0.1, 0.15) is 23.0 Å². The Morgan fingerprint density at radius 2 is 1.87 bits per heavy atom. The van der Waals surface area contributed by atoms with E-state index >= 15 is 0 Å². The second-order valence-corrected chi connectivity index (χ2v) is 5.26. The van der Waals surface area contributed by atoms with Crippen molar-refractivity contribution >= 4 is 27.5 Å². The highest BCUT2D eigenvalue weighted by Crippen LogP contribution is 2.35. The molecule has 23 heavy (non-hydrogen) atoms. The molecular formula is C11H10BrF6N3O2. The van der Waals surface area contributed by atoms with Crippen molar-refractivity contribution in [3.05, 3.63) is 21.9 Å². The van der Waals surface area contributed by atoms with Gasteiger partial charge in [-0.3, -0.25) is 4.79 Å². The number of nitrogens with two attached hydrogens (primary N) is 1. The quantitative estimate of drug-likeness (QED) is 0.406. The molecule has 5 nitrogen and oxygen atoms in total. The maximum atomic E-state index is 12.6. The number of aliphatic hydroxyl groups is 1. The average Bonchev–Trinajstić information content (AvgIpc) is 2.37. The van der Waals surface area contributed by atoms with E-state index < -0.39 is 52.0 Å². The summed E-state index contributed by atoms with van der Waals surface area (Å²) < 4.78 is 74.3. The first kappa shape index (κ1) is 19.5. The number of amides is 1. The van der Waals surface area contributed by atoms with Gasteiger partial charge in [-0.15, -0.1) is 0 Å². The minimum atomic E-state index is -4.79. The van der Waals surface area contributed by atoms with Gasteiger partial charge in [0.1, 0.15) is 10.8 Å². The van der Waals surface area contributed by atoms with Crippen LogP contribution >= 0.6 is 15.9 Å². The van der Waals surface area contributed by atoms with Crippen LogP contribution in [-0.4, -0.2) is 28.4 Å². The highest BCUT2D eigenvalue weighted by Gasteiger charge is 2.42. The van der Waals surface area contributed by atoms with E-state index in [0.29, 0.717) is 13.0 Å². The number of hydrogen-bond acceptors (Lipinski definition) is 4. The molecule has 0 fully saturated rings. The lowest BCUT2D eigenvalue weighted by Gasteiger charge is -2.22. The van der Waals surface area contributed by atoms with Gasteiger partial charge in [0.05, 0.1) is 17.2 Å². The Morgan fingerprint density at radius 3 is 2.30 bits per heavy atom. The summed E-state index contributed by atoms with van der Waals surface area (Å²) in [5.41, 5.74) is 2.57. The first-order valence-electron chi connectivity index (χ1n) is 5.84. The number of aromatic nitrogens is 1. The Morgan fingerprint density at radius 1 is 1.35 bits per heavy atom. The summed E-state index contributed by atoms with van der Waals surface area (Å²) in [4.78, 5) is 15.0. The number of nitrogens with zero attached hydrogens (tertiary/aromatic N) is 1. The van der Waals surface area contributed by atoms with E-state index in [4.69, 9.17) is 5.73 Å². The standard InChI is InChI=1S/C11H10BrF6N3O2/c1-3(10(13,14)15)8(22)21-9(23)6-5(19)2-4(7(12)20-6)11(16,17)18/h2-3,8,22H,19H2,1H3,(H,21,23)/t3?,8-/m1/s1. The van der Waals surface area contributed by atoms with Crippen LogP contribution in [0.15, 0.2) is 10.7 Å². The molecule has 4 N–H and O–H groups in total. The van der Waals surface area contributed by atoms with Gasteiger partial charge in [-0.2, -0.15) is 26.3 Å². The van der Waals surface area contributed by atoms with Crippen LogP contribution in [0.25, 0.3) is 0 Å². The van der Waals surface area contributed by atoms with Crippen LogP contribution in [0.2, 0.25) is 0 Å². The first-order chi connectivity index (χ1) is 10.2. The molecule has 0 aromatic carbocycles. The molecule has 2 atom stereocenters. The topological polar surface area (TPSA) is 88.2 Å². The molecule has 0 bridgehead atoms. The number of nitrogens with one attached hydrogen (secondary N) is 1. The van der Waals surface area contributed by atoms with Crippen molar-refractivity contribution in [1.29, 1.82) is 0 Å². The third-order valence-corrected chi connectivity index (χ3v) is 3.40. The SMILES string of the molecule is CC([C@@H](O)NC(=O)c1nc(Br)c(C(F)(F)F)cc1N)C(F)(F)F. The van der Waals surface area contributed by atoms with E-state index in [-0.39, 0.29) is 0 Å². The summed E-state index contributed by atoms with van der Waals surface area (Å²) in [7, 11) is 0. The van der Waals surface area contributed by atoms with E-state index in [2.05, 4.69) is 20.9 Å². The monoisotopic (exact) mass is 409 g/mol. The van der Waals surface area contributed by atoms with Gasteiger partial charge in [0.25, 0.3) is 5.91 Å². The van der Waals surface area contributed by atoms with Crippen molar-refractivity contribution in [2.75, 3.05) is 5.73 Å². The predicted molar refractivity (Wildman–Crippen MR) is 70.0 cm³/mol. The number of carbonyl (C=O) groups excluding carboxylic acids is 1. The molecule has 1 unspecified atom stereocenters. The highest BCUT2D eigenvalue weighted by molar-refractivity contribution is 9.10. The first-order valence-corrected chi connectivity index (χ1v) is 6.63. The number of hydrogen-bond donors (Lipinski definition) is 3. The van der Waals surface area contributed by atoms with E-state index in [1.54, 1.807) is 5.32 Å². The van der Waals surface area contributed by atoms with Crippen LogP contribution in [0, 0.1) is 5.92 Å². The van der Waals surface area contributed by atoms with Gasteiger partial charge >= 0.3 is 12.4 Å². The lowest BCUT2D eigenvalue weighted by atomic mass is 10.1. The van der Waals surface area contributed by atoms with Crippen LogP contribution in [0.5, 0.6) is 0 Å². The van der Waals surface area contributed by atoms with Crippen molar-refractivity contribution < 1.29 is 36.2 Å². The second kappa shape index (κ2) is 6.51. The van der Waals surface area contributed by atoms with Gasteiger partial charge in [-0.05, 0) is 28.9 Å². The fourth-order valence-electron chi connectivity index (χ4n) is 1.39. The summed E-state index contributed by atoms with van der Waals surface area (Å²) in [6, 6.07) is 0.408. The molecule has 0 aliphatic rings. The number of nitrogen functional groups attached to an aromatic ring is 1. The van der Waals surface area contributed by atoms with Crippen molar-refractivity contribution in [3.63, 3.8) is 0 Å². The fraction of sp³-hybridized carbons (Fsp3) is 0.455. The van der Waals surface area contributed by atoms with Gasteiger partial charge in [0, 0.05) is 0 Å². The maximum Gasteiger partial charge on any atom is 0.419 e. The Labute approximate surface area is 134 Å². The fourth-order valence-corrected chi connectivity index (χ4v) is 1.91. The minimum absolute atomic E-state index is 0.408. The molecule has 0 radical (unpaired) electrons. The molecule has 1 aromatic rings. The molecule has 0 saturated carbocycles. The van der Waals surface area contributed by atoms with Gasteiger partial charge in [-0.1, -0.05) is 0 Å². The van der Waals surface area contributed by atoms with Gasteiger partial charge in [0.2, 0.25) is 0 Å². The lowest BCUT2D eigenvalue weighted by molar-refractivity contribution is -0.196. The van der Waals surface area contributed by atoms with Crippen LogP contribution in [0.3, 0.4) is 0 Å². The molecule has 0 saturated heterocycles. The molecular weight excluding hydrogens is 400 g/mol. The molecule has 1 amide bonds. The van der Waals surface area contributed by atoms with Crippen molar-refractivity contribution in [3.8, 4) is 0 Å². The molecule has 1 heterocycles. The van der Waals surface area contributed by atoms with Crippen molar-refractivity contribution in [2.45, 2.75) is 25.5 Å². The normalized spacial score (nSPS) is 15.2. The Hall–Kier alpha value is -1.56. The zero-order chi connectivity index (χ0) is 18.2. The lowest BCUT2D eigenvalue weighted by Crippen LogP contribution is -2.45. The number of carbonyl (C=O) groups is 1. The second-order valence-electron chi connectivity index (χ2n) is 4.51. The molecule has 130 valence electrons. The Kier molecular flexibility index (Phi) is 5.52. The van der Waals surface area contributed by atoms with Gasteiger partial charge in [-0.25, -0.2) is 4.98 Å². The van der Waals surface area contributed by atoms with Crippen molar-refractivity contribution in [1.82, 2.24) is 10.3 Å². The number of halogens is 7. The smallest absolute Gasteiger partial charge is 0.397 e. The average molecular weight is 410 g/mol. The number of rotatable bonds is 3. The van der Waals surface area contributed by atoms with E-state index in [0.717, 1.165) is 0 Å². The van der Waals surface area contributed by atoms with Gasteiger partial charge in [0.15, 0.2) is 5.69 Å². The summed E-state index contributed by atoms with van der Waals surface area (Å²) in [6.45, 7) is 0.615. The highest BCUT2D eigenvalue weighted by atomic mass is 79.9. The third kappa shape index (κ3) is 4.70. The van der Waals surface area contributed by atoms with Crippen molar-refractivity contribution in [2.24, 2.45) is 5.92 Å². The van der Waals surface area contributed by atoms with E-state index in [1.165, 1.54) is 0 Å². The Bertz CT molecular complexity index is 605. The number of alkyl halides is 6. The van der Waals surface area contributed by atoms with Crippen LogP contribution in [0.4, 0.5) is 32.0 Å². The summed E-state index contributed by atoms with van der Waals surface area (Å²) in [5, 5.41) is 10.9. The zero-order valence-corrected chi connectivity index (χ0v) is 12.8. The predicted octanol–water partition coefficient (Wildman–Crippen LogP) is 2.69. The molecule has 1 rings (SSSR count). The summed E-state index contributed by atoms with van der Waals surface area (Å²) in [6.07, 6.45) is -11.9. The number of aliphatic hydroxyl groups excluding tert-OH is 1. The van der Waals surface area contributed by atoms with Gasteiger partial charge < -0.3 is 16.2 Å². The summed E-state index contributed by atoms with van der Waals surface area (Å²) >= 11 is 2.50. The zero-order valence-electron chi connectivity index (χ0n) is 11.3. The molecule has 0 aliphatic carbocycles. The number of anilines is 1. The summed E-state index contributed by atoms with van der Waals surface area (Å²) in [5.74, 6) is -3.65. The maximum absolute atomic E-state index is 12.6. The minimum Gasteiger partial charge on any atom is -0.397 e. The number of pyridine rings is 1. The molecule has 12 heteroatoms. The molecule has 0 spiro atoms.